The van der Waals surface area contributed by atoms with Crippen LogP contribution >= 0.6 is 0 Å². The number of amides is 2. The monoisotopic (exact) mass is 498 g/mol. The predicted molar refractivity (Wildman–Crippen MR) is 140 cm³/mol. The smallest absolute Gasteiger partial charge is 0.343 e. The lowest BCUT2D eigenvalue weighted by atomic mass is 10.0. The largest absolute Gasteiger partial charge is 0.490 e. The van der Waals surface area contributed by atoms with E-state index in [2.05, 4.69) is 26.1 Å². The topological polar surface area (TPSA) is 108 Å². The molecular weight excluding hydrogens is 468 g/mol. The van der Waals surface area contributed by atoms with Crippen LogP contribution < -0.4 is 4.74 Å². The molecule has 1 saturated heterocycles. The van der Waals surface area contributed by atoms with Crippen LogP contribution in [0.1, 0.15) is 43.4 Å². The van der Waals surface area contributed by atoms with Crippen molar-refractivity contribution in [3.05, 3.63) is 53.1 Å². The first kappa shape index (κ1) is 24.7. The van der Waals surface area contributed by atoms with E-state index < -0.39 is 0 Å². The van der Waals surface area contributed by atoms with E-state index in [1.54, 1.807) is 18.2 Å². The zero-order valence-electron chi connectivity index (χ0n) is 21.6. The summed E-state index contributed by atoms with van der Waals surface area (Å²) in [5, 5.41) is 13.8. The van der Waals surface area contributed by atoms with Gasteiger partial charge in [0.25, 0.3) is 5.89 Å². The molecule has 37 heavy (non-hydrogen) atoms. The van der Waals surface area contributed by atoms with Crippen LogP contribution in [0.15, 0.2) is 45.9 Å². The van der Waals surface area contributed by atoms with Crippen LogP contribution in [0, 0.1) is 11.3 Å². The van der Waals surface area contributed by atoms with Crippen LogP contribution in [0.2, 0.25) is 0 Å². The molecule has 1 fully saturated rings. The van der Waals surface area contributed by atoms with Gasteiger partial charge in [-0.1, -0.05) is 23.4 Å². The fourth-order valence-electron chi connectivity index (χ4n) is 4.91. The molecule has 0 spiro atoms. The van der Waals surface area contributed by atoms with Gasteiger partial charge in [-0.05, 0) is 71.0 Å². The SMILES string of the molecule is CC(C)Oc1ccc(-c2nc(-c3cccc4c3CC/C4=N/C(=O)N3CC[C@H](N(C)C)C3)no2)cc1C#N. The van der Waals surface area contributed by atoms with Crippen molar-refractivity contribution in [2.75, 3.05) is 27.2 Å². The number of nitriles is 1. The van der Waals surface area contributed by atoms with Crippen LogP contribution in [-0.4, -0.2) is 71.0 Å². The number of aromatic nitrogens is 2. The third kappa shape index (κ3) is 4.98. The van der Waals surface area contributed by atoms with E-state index >= 15 is 0 Å². The molecule has 1 atom stereocenters. The lowest BCUT2D eigenvalue weighted by molar-refractivity contribution is 0.213. The van der Waals surface area contributed by atoms with Gasteiger partial charge in [0.05, 0.1) is 17.4 Å². The number of fused-ring (bicyclic) bond motifs is 1. The van der Waals surface area contributed by atoms with Crippen molar-refractivity contribution in [1.82, 2.24) is 19.9 Å². The van der Waals surface area contributed by atoms with Crippen molar-refractivity contribution in [3.63, 3.8) is 0 Å². The minimum absolute atomic E-state index is 0.0397. The van der Waals surface area contributed by atoms with Crippen LogP contribution in [0.25, 0.3) is 22.8 Å². The van der Waals surface area contributed by atoms with Gasteiger partial charge in [0.15, 0.2) is 0 Å². The number of carbonyl (C=O) groups is 1. The number of rotatable bonds is 5. The average Bonchev–Trinajstić information content (AvgIpc) is 3.64. The number of likely N-dealkylation sites (N-methyl/N-ethyl adjacent to an activating group) is 1. The van der Waals surface area contributed by atoms with E-state index in [1.807, 2.05) is 51.0 Å². The highest BCUT2D eigenvalue weighted by Crippen LogP contribution is 2.33. The molecule has 2 aromatic carbocycles. The molecule has 0 N–H and O–H groups in total. The lowest BCUT2D eigenvalue weighted by Crippen LogP contribution is -2.33. The van der Waals surface area contributed by atoms with E-state index in [0.717, 1.165) is 41.8 Å². The Balaban J connectivity index is 1.39. The Labute approximate surface area is 216 Å². The molecule has 2 amide bonds. The van der Waals surface area contributed by atoms with E-state index in [-0.39, 0.29) is 12.1 Å². The average molecular weight is 499 g/mol. The molecule has 1 aliphatic carbocycles. The van der Waals surface area contributed by atoms with E-state index in [0.29, 0.717) is 47.6 Å². The van der Waals surface area contributed by atoms with E-state index in [4.69, 9.17) is 9.26 Å². The third-order valence-electron chi connectivity index (χ3n) is 6.87. The molecule has 0 radical (unpaired) electrons. The number of carbonyl (C=O) groups excluding carboxylic acids is 1. The minimum atomic E-state index is -0.169. The number of hydrogen-bond donors (Lipinski definition) is 0. The second-order valence-corrected chi connectivity index (χ2v) is 9.94. The Morgan fingerprint density at radius 3 is 2.78 bits per heavy atom. The third-order valence-corrected chi connectivity index (χ3v) is 6.87. The Bertz CT molecular complexity index is 1400. The Kier molecular flexibility index (Phi) is 6.76. The molecule has 9 heteroatoms. The van der Waals surface area contributed by atoms with Crippen LogP contribution in [-0.2, 0) is 6.42 Å². The molecule has 0 bridgehead atoms. The Morgan fingerprint density at radius 1 is 1.24 bits per heavy atom. The summed E-state index contributed by atoms with van der Waals surface area (Å²) < 4.78 is 11.3. The number of hydrogen-bond acceptors (Lipinski definition) is 7. The molecule has 1 aliphatic heterocycles. The zero-order chi connectivity index (χ0) is 26.1. The maximum absolute atomic E-state index is 12.9. The van der Waals surface area contributed by atoms with Crippen molar-refractivity contribution in [1.29, 1.82) is 5.26 Å². The number of urea groups is 1. The Morgan fingerprint density at radius 2 is 2.05 bits per heavy atom. The van der Waals surface area contributed by atoms with Crippen LogP contribution in [0.5, 0.6) is 5.75 Å². The van der Waals surface area contributed by atoms with Gasteiger partial charge in [-0.15, -0.1) is 0 Å². The molecule has 9 nitrogen and oxygen atoms in total. The first-order valence-electron chi connectivity index (χ1n) is 12.5. The fourth-order valence-corrected chi connectivity index (χ4v) is 4.91. The molecule has 1 aromatic heterocycles. The lowest BCUT2D eigenvalue weighted by Gasteiger charge is -2.19. The number of likely N-dealkylation sites (tertiary alicyclic amines) is 1. The molecule has 2 heterocycles. The molecule has 3 aromatic rings. The summed E-state index contributed by atoms with van der Waals surface area (Å²) in [5.41, 5.74) is 4.74. The van der Waals surface area contributed by atoms with Gasteiger partial charge in [0.1, 0.15) is 11.8 Å². The predicted octanol–water partition coefficient (Wildman–Crippen LogP) is 4.55. The first-order valence-corrected chi connectivity index (χ1v) is 12.5. The highest BCUT2D eigenvalue weighted by Gasteiger charge is 2.29. The van der Waals surface area contributed by atoms with Gasteiger partial charge >= 0.3 is 6.03 Å². The summed E-state index contributed by atoms with van der Waals surface area (Å²) in [4.78, 5) is 26.0. The highest BCUT2D eigenvalue weighted by molar-refractivity contribution is 6.10. The standard InChI is InChI=1S/C28H30N6O3/c1-17(2)36-25-11-8-18(14-19(25)15-29)27-31-26(32-37-27)23-7-5-6-22-21(23)9-10-24(22)30-28(35)34-13-12-20(16-34)33(3)4/h5-8,11,14,17,20H,9-10,12-13,16H2,1-4H3/b30-24-/t20-/m0/s1. The minimum Gasteiger partial charge on any atom is -0.490 e. The van der Waals surface area contributed by atoms with Crippen LogP contribution in [0.3, 0.4) is 0 Å². The van der Waals surface area contributed by atoms with Crippen molar-refractivity contribution >= 4 is 11.7 Å². The summed E-state index contributed by atoms with van der Waals surface area (Å²) in [5.74, 6) is 1.31. The zero-order valence-corrected chi connectivity index (χ0v) is 21.6. The quantitative estimate of drug-likeness (QED) is 0.508. The van der Waals surface area contributed by atoms with Gasteiger partial charge in [-0.3, -0.25) is 0 Å². The molecule has 0 saturated carbocycles. The van der Waals surface area contributed by atoms with Gasteiger partial charge in [0.2, 0.25) is 5.82 Å². The summed E-state index contributed by atoms with van der Waals surface area (Å²) in [7, 11) is 4.09. The summed E-state index contributed by atoms with van der Waals surface area (Å²) in [6.45, 7) is 5.27. The Hall–Kier alpha value is -4.03. The number of nitrogens with zero attached hydrogens (tertiary/aromatic N) is 6. The summed E-state index contributed by atoms with van der Waals surface area (Å²) in [6, 6.07) is 13.5. The summed E-state index contributed by atoms with van der Waals surface area (Å²) >= 11 is 0. The molecular formula is C28H30N6O3. The van der Waals surface area contributed by atoms with E-state index in [9.17, 15) is 10.1 Å². The normalized spacial score (nSPS) is 18.0. The molecule has 2 aliphatic rings. The molecule has 0 unspecified atom stereocenters. The second kappa shape index (κ2) is 10.1. The van der Waals surface area contributed by atoms with Gasteiger partial charge in [-0.2, -0.15) is 15.2 Å². The highest BCUT2D eigenvalue weighted by atomic mass is 16.5. The molecule has 190 valence electrons. The number of benzene rings is 2. The van der Waals surface area contributed by atoms with Crippen molar-refractivity contribution in [2.24, 2.45) is 4.99 Å². The fraction of sp³-hybridized carbons (Fsp3) is 0.393. The maximum atomic E-state index is 12.9. The van der Waals surface area contributed by atoms with Gasteiger partial charge in [0, 0.05) is 35.8 Å². The first-order chi connectivity index (χ1) is 17.8. The number of ether oxygens (including phenoxy) is 1. The van der Waals surface area contributed by atoms with Gasteiger partial charge in [-0.25, -0.2) is 4.79 Å². The second-order valence-electron chi connectivity index (χ2n) is 9.94. The summed E-state index contributed by atoms with van der Waals surface area (Å²) in [6.07, 6.45) is 2.37. The maximum Gasteiger partial charge on any atom is 0.343 e. The van der Waals surface area contributed by atoms with Crippen molar-refractivity contribution < 1.29 is 14.1 Å². The van der Waals surface area contributed by atoms with Gasteiger partial charge < -0.3 is 19.1 Å². The van der Waals surface area contributed by atoms with Crippen molar-refractivity contribution in [3.8, 4) is 34.7 Å². The van der Waals surface area contributed by atoms with Crippen molar-refractivity contribution in [2.45, 2.75) is 45.3 Å². The number of aliphatic imine (C=N–C) groups is 1. The van der Waals surface area contributed by atoms with E-state index in [1.165, 1.54) is 0 Å². The van der Waals surface area contributed by atoms with Crippen LogP contribution in [0.4, 0.5) is 4.79 Å². The molecule has 5 rings (SSSR count).